The van der Waals surface area contributed by atoms with Crippen LogP contribution in [0.2, 0.25) is 0 Å². The van der Waals surface area contributed by atoms with Crippen LogP contribution >= 0.6 is 15.6 Å². The van der Waals surface area contributed by atoms with Gasteiger partial charge >= 0.3 is 39.5 Å². The van der Waals surface area contributed by atoms with Crippen molar-refractivity contribution in [3.63, 3.8) is 0 Å². The number of carbonyl (C=O) groups excluding carboxylic acids is 4. The van der Waals surface area contributed by atoms with Gasteiger partial charge in [-0.3, -0.25) is 37.3 Å². The lowest BCUT2D eigenvalue weighted by atomic mass is 10.0. The van der Waals surface area contributed by atoms with Crippen molar-refractivity contribution in [2.45, 2.75) is 490 Å². The molecule has 0 rings (SSSR count). The first-order valence-electron chi connectivity index (χ1n) is 45.5. The summed E-state index contributed by atoms with van der Waals surface area (Å²) in [5, 5.41) is 10.7. The zero-order valence-electron chi connectivity index (χ0n) is 70.5. The minimum Gasteiger partial charge on any atom is -0.462 e. The van der Waals surface area contributed by atoms with Crippen molar-refractivity contribution in [3.8, 4) is 0 Å². The Morgan fingerprint density at radius 1 is 0.252 bits per heavy atom. The topological polar surface area (TPSA) is 237 Å². The third-order valence-corrected chi connectivity index (χ3v) is 22.6. The first-order valence-corrected chi connectivity index (χ1v) is 48.5. The zero-order chi connectivity index (χ0) is 78.5. The highest BCUT2D eigenvalue weighted by Gasteiger charge is 2.30. The van der Waals surface area contributed by atoms with Gasteiger partial charge in [0.25, 0.3) is 0 Å². The summed E-state index contributed by atoms with van der Waals surface area (Å²) >= 11 is 0. The van der Waals surface area contributed by atoms with E-state index in [9.17, 15) is 43.2 Å². The van der Waals surface area contributed by atoms with Gasteiger partial charge in [-0.25, -0.2) is 9.13 Å². The molecule has 17 nitrogen and oxygen atoms in total. The van der Waals surface area contributed by atoms with Gasteiger partial charge in [-0.2, -0.15) is 0 Å². The van der Waals surface area contributed by atoms with Crippen LogP contribution in [-0.4, -0.2) is 96.7 Å². The highest BCUT2D eigenvalue weighted by molar-refractivity contribution is 7.47. The van der Waals surface area contributed by atoms with Crippen molar-refractivity contribution in [2.24, 2.45) is 11.8 Å². The van der Waals surface area contributed by atoms with Crippen molar-refractivity contribution in [3.05, 3.63) is 0 Å². The SMILES string of the molecule is CCCCCCCCCCCCCCCCCCCCCCCCC(=O)O[C@H](COC(=O)CCCCCCCCCCCCCCCCC(C)C)COP(=O)(O)OC[C@@H](O)COP(=O)(O)OC[C@@H](COC(=O)CCCCCCCCCCCC(C)C)OC(=O)CCCCCCCCCCCCCCCCCC. The second-order valence-corrected chi connectivity index (χ2v) is 35.5. The van der Waals surface area contributed by atoms with E-state index in [1.807, 2.05) is 0 Å². The molecule has 3 N–H and O–H groups in total. The van der Waals surface area contributed by atoms with Crippen molar-refractivity contribution in [2.75, 3.05) is 39.6 Å². The third-order valence-electron chi connectivity index (χ3n) is 20.7. The number of ether oxygens (including phenoxy) is 4. The van der Waals surface area contributed by atoms with Crippen molar-refractivity contribution in [1.82, 2.24) is 0 Å². The quantitative estimate of drug-likeness (QED) is 0.0222. The summed E-state index contributed by atoms with van der Waals surface area (Å²) in [5.74, 6) is -0.556. The van der Waals surface area contributed by atoms with E-state index in [0.29, 0.717) is 25.7 Å². The molecule has 0 fully saturated rings. The largest absolute Gasteiger partial charge is 0.472 e. The number of phosphoric ester groups is 2. The summed E-state index contributed by atoms with van der Waals surface area (Å²) in [6.45, 7) is 9.69. The van der Waals surface area contributed by atoms with E-state index >= 15 is 0 Å². The Morgan fingerprint density at radius 2 is 0.430 bits per heavy atom. The lowest BCUT2D eigenvalue weighted by Crippen LogP contribution is -2.30. The summed E-state index contributed by atoms with van der Waals surface area (Å²) in [5.41, 5.74) is 0. The summed E-state index contributed by atoms with van der Waals surface area (Å²) in [4.78, 5) is 73.3. The number of aliphatic hydroxyl groups is 1. The Hall–Kier alpha value is -1.94. The standard InChI is InChI=1S/C88H172O17P2/c1-7-9-11-13-15-17-19-21-23-25-26-27-28-29-30-32-38-42-48-55-61-67-73-87(92)104-83(76-98-85(90)70-64-58-52-46-40-36-34-33-35-39-44-50-56-62-68-80(3)4)78-102-106(94,95)100-74-82(89)75-101-107(96,97)103-79-84(77-99-86(91)71-65-59-53-49-43-45-51-57-63-69-81(5)6)105-88(93)72-66-60-54-47-41-37-31-24-22-20-18-16-14-12-10-8-2/h80-84,89H,7-79H2,1-6H3,(H,94,95)(H,96,97)/t82-,83-,84-/m1/s1. The summed E-state index contributed by atoms with van der Waals surface area (Å²) in [6, 6.07) is 0. The van der Waals surface area contributed by atoms with Crippen LogP contribution in [0.3, 0.4) is 0 Å². The molecule has 19 heteroatoms. The molecule has 636 valence electrons. The van der Waals surface area contributed by atoms with E-state index < -0.39 is 97.5 Å². The number of phosphoric acid groups is 2. The molecule has 0 aromatic rings. The molecular formula is C88H172O17P2. The molecule has 0 aliphatic rings. The zero-order valence-corrected chi connectivity index (χ0v) is 72.2. The molecule has 0 aromatic heterocycles. The molecule has 107 heavy (non-hydrogen) atoms. The van der Waals surface area contributed by atoms with Crippen LogP contribution in [-0.2, 0) is 65.4 Å². The molecule has 2 unspecified atom stereocenters. The maximum Gasteiger partial charge on any atom is 0.472 e. The minimum absolute atomic E-state index is 0.108. The molecule has 0 amide bonds. The van der Waals surface area contributed by atoms with Crippen molar-refractivity contribution < 1.29 is 80.2 Å². The van der Waals surface area contributed by atoms with E-state index in [4.69, 9.17) is 37.0 Å². The Labute approximate surface area is 658 Å². The molecule has 0 heterocycles. The third kappa shape index (κ3) is 81.9. The Kier molecular flexibility index (Phi) is 77.9. The van der Waals surface area contributed by atoms with Gasteiger partial charge in [-0.1, -0.05) is 420 Å². The summed E-state index contributed by atoms with van der Waals surface area (Å²) in [6.07, 6.45) is 72.3. The minimum atomic E-state index is -4.97. The molecule has 5 atom stereocenters. The van der Waals surface area contributed by atoms with E-state index in [1.54, 1.807) is 0 Å². The number of aliphatic hydroxyl groups excluding tert-OH is 1. The fourth-order valence-electron chi connectivity index (χ4n) is 13.8. The van der Waals surface area contributed by atoms with Gasteiger partial charge in [0.15, 0.2) is 12.2 Å². The first kappa shape index (κ1) is 105. The number of unbranched alkanes of at least 4 members (excludes halogenated alkanes) is 57. The predicted octanol–water partition coefficient (Wildman–Crippen LogP) is 27.0. The average molecular weight is 1560 g/mol. The fourth-order valence-corrected chi connectivity index (χ4v) is 15.4. The molecule has 0 aliphatic heterocycles. The summed E-state index contributed by atoms with van der Waals surface area (Å²) in [7, 11) is -9.93. The van der Waals surface area contributed by atoms with Gasteiger partial charge in [0, 0.05) is 25.7 Å². The van der Waals surface area contributed by atoms with Crippen LogP contribution in [0.4, 0.5) is 0 Å². The molecule has 0 bridgehead atoms. The van der Waals surface area contributed by atoms with Gasteiger partial charge in [0.2, 0.25) is 0 Å². The average Bonchev–Trinajstić information content (AvgIpc) is 0.902. The lowest BCUT2D eigenvalue weighted by molar-refractivity contribution is -0.161. The molecule has 0 radical (unpaired) electrons. The van der Waals surface area contributed by atoms with E-state index in [2.05, 4.69) is 41.5 Å². The maximum absolute atomic E-state index is 13.2. The predicted molar refractivity (Wildman–Crippen MR) is 442 cm³/mol. The van der Waals surface area contributed by atoms with Crippen molar-refractivity contribution in [1.29, 1.82) is 0 Å². The highest BCUT2D eigenvalue weighted by atomic mass is 31.2. The second-order valence-electron chi connectivity index (χ2n) is 32.6. The number of esters is 4. The molecule has 0 spiro atoms. The van der Waals surface area contributed by atoms with Crippen LogP contribution in [0.15, 0.2) is 0 Å². The van der Waals surface area contributed by atoms with Gasteiger partial charge in [0.1, 0.15) is 19.3 Å². The first-order chi connectivity index (χ1) is 51.9. The lowest BCUT2D eigenvalue weighted by Gasteiger charge is -2.21. The van der Waals surface area contributed by atoms with Crippen LogP contribution < -0.4 is 0 Å². The summed E-state index contributed by atoms with van der Waals surface area (Å²) < 4.78 is 69.0. The highest BCUT2D eigenvalue weighted by Crippen LogP contribution is 2.45. The van der Waals surface area contributed by atoms with Gasteiger partial charge in [-0.05, 0) is 37.5 Å². The monoisotopic (exact) mass is 1560 g/mol. The molecule has 0 aliphatic carbocycles. The molecule has 0 aromatic carbocycles. The Bertz CT molecular complexity index is 2050. The molecular weight excluding hydrogens is 1390 g/mol. The van der Waals surface area contributed by atoms with Crippen LogP contribution in [0, 0.1) is 11.8 Å². The van der Waals surface area contributed by atoms with E-state index in [0.717, 1.165) is 102 Å². The normalized spacial score (nSPS) is 13.8. The molecule has 0 saturated carbocycles. The Balaban J connectivity index is 5.24. The van der Waals surface area contributed by atoms with Crippen molar-refractivity contribution >= 4 is 39.5 Å². The maximum atomic E-state index is 13.2. The van der Waals surface area contributed by atoms with E-state index in [-0.39, 0.29) is 25.7 Å². The van der Waals surface area contributed by atoms with Gasteiger partial charge < -0.3 is 33.8 Å². The van der Waals surface area contributed by atoms with Crippen LogP contribution in [0.25, 0.3) is 0 Å². The number of carbonyl (C=O) groups is 4. The Morgan fingerprint density at radius 3 is 0.636 bits per heavy atom. The van der Waals surface area contributed by atoms with E-state index in [1.165, 1.54) is 289 Å². The van der Waals surface area contributed by atoms with Crippen LogP contribution in [0.1, 0.15) is 472 Å². The number of hydrogen-bond acceptors (Lipinski definition) is 15. The van der Waals surface area contributed by atoms with Gasteiger partial charge in [-0.15, -0.1) is 0 Å². The number of rotatable bonds is 87. The van der Waals surface area contributed by atoms with Gasteiger partial charge in [0.05, 0.1) is 26.4 Å². The number of hydrogen-bond donors (Lipinski definition) is 3. The smallest absolute Gasteiger partial charge is 0.462 e. The fraction of sp³-hybridized carbons (Fsp3) is 0.955. The molecule has 0 saturated heterocycles. The van der Waals surface area contributed by atoms with Crippen LogP contribution in [0.5, 0.6) is 0 Å². The second kappa shape index (κ2) is 79.3.